The molecule has 0 heterocycles. The van der Waals surface area contributed by atoms with Crippen molar-refractivity contribution in [1.82, 2.24) is 0 Å². The van der Waals surface area contributed by atoms with Crippen LogP contribution in [0, 0.1) is 5.82 Å². The predicted molar refractivity (Wildman–Crippen MR) is 56.3 cm³/mol. The molecule has 0 N–H and O–H groups in total. The summed E-state index contributed by atoms with van der Waals surface area (Å²) in [5, 5.41) is 0. The van der Waals surface area contributed by atoms with Crippen LogP contribution < -0.4 is 0 Å². The van der Waals surface area contributed by atoms with Gasteiger partial charge < -0.3 is 0 Å². The standard InChI is InChI=1S/C8H9FO2S.C2H6/c1-12(10,11)6-7-3-2-4-8(9)5-7;1-2/h2-5H,6H2,1H3;1-2H3. The number of hydrogen-bond acceptors (Lipinski definition) is 2. The molecule has 0 aromatic heterocycles. The van der Waals surface area contributed by atoms with Crippen LogP contribution >= 0.6 is 0 Å². The molecule has 0 aliphatic carbocycles. The molecule has 0 atom stereocenters. The highest BCUT2D eigenvalue weighted by Crippen LogP contribution is 2.06. The summed E-state index contributed by atoms with van der Waals surface area (Å²) in [5.41, 5.74) is 0.484. The Kier molecular flexibility index (Phi) is 5.38. The van der Waals surface area contributed by atoms with Crippen molar-refractivity contribution in [2.24, 2.45) is 0 Å². The van der Waals surface area contributed by atoms with Crippen LogP contribution in [0.2, 0.25) is 0 Å². The molecule has 4 heteroatoms. The van der Waals surface area contributed by atoms with Crippen molar-refractivity contribution in [1.29, 1.82) is 0 Å². The second kappa shape index (κ2) is 5.75. The van der Waals surface area contributed by atoms with E-state index in [2.05, 4.69) is 0 Å². The van der Waals surface area contributed by atoms with Gasteiger partial charge in [0.05, 0.1) is 5.75 Å². The maximum Gasteiger partial charge on any atom is 0.151 e. The molecule has 0 spiro atoms. The van der Waals surface area contributed by atoms with E-state index in [1.165, 1.54) is 18.2 Å². The first-order valence-corrected chi connectivity index (χ1v) is 6.45. The summed E-state index contributed by atoms with van der Waals surface area (Å²) in [4.78, 5) is 0. The van der Waals surface area contributed by atoms with Gasteiger partial charge in [-0.3, -0.25) is 0 Å². The first-order valence-electron chi connectivity index (χ1n) is 4.39. The molecule has 0 aliphatic rings. The zero-order valence-corrected chi connectivity index (χ0v) is 9.44. The van der Waals surface area contributed by atoms with E-state index >= 15 is 0 Å². The number of benzene rings is 1. The Morgan fingerprint density at radius 1 is 1.29 bits per heavy atom. The minimum absolute atomic E-state index is 0.106. The van der Waals surface area contributed by atoms with Crippen LogP contribution in [-0.2, 0) is 15.6 Å². The van der Waals surface area contributed by atoms with Gasteiger partial charge in [0, 0.05) is 6.26 Å². The number of halogens is 1. The molecule has 0 amide bonds. The van der Waals surface area contributed by atoms with Gasteiger partial charge in [0.1, 0.15) is 5.82 Å². The number of rotatable bonds is 2. The van der Waals surface area contributed by atoms with Gasteiger partial charge in [0.2, 0.25) is 0 Å². The lowest BCUT2D eigenvalue weighted by atomic mass is 10.2. The fourth-order valence-electron chi connectivity index (χ4n) is 0.929. The average Bonchev–Trinajstić information content (AvgIpc) is 2.04. The second-order valence-corrected chi connectivity index (χ2v) is 4.84. The maximum absolute atomic E-state index is 12.5. The van der Waals surface area contributed by atoms with Crippen LogP contribution in [0.15, 0.2) is 24.3 Å². The molecule has 80 valence electrons. The zero-order chi connectivity index (χ0) is 11.2. The molecule has 0 unspecified atom stereocenters. The van der Waals surface area contributed by atoms with E-state index in [0.717, 1.165) is 6.26 Å². The van der Waals surface area contributed by atoms with E-state index in [0.29, 0.717) is 5.56 Å². The molecule has 1 aromatic carbocycles. The zero-order valence-electron chi connectivity index (χ0n) is 8.62. The van der Waals surface area contributed by atoms with E-state index < -0.39 is 15.7 Å². The van der Waals surface area contributed by atoms with E-state index in [9.17, 15) is 12.8 Å². The summed E-state index contributed by atoms with van der Waals surface area (Å²) in [6, 6.07) is 5.59. The highest BCUT2D eigenvalue weighted by Gasteiger charge is 2.04. The third-order valence-electron chi connectivity index (χ3n) is 1.32. The van der Waals surface area contributed by atoms with Gasteiger partial charge in [-0.15, -0.1) is 0 Å². The van der Waals surface area contributed by atoms with Crippen molar-refractivity contribution in [3.63, 3.8) is 0 Å². The lowest BCUT2D eigenvalue weighted by molar-refractivity contribution is 0.600. The van der Waals surface area contributed by atoms with Gasteiger partial charge in [-0.1, -0.05) is 26.0 Å². The normalized spacial score (nSPS) is 10.3. The van der Waals surface area contributed by atoms with E-state index in [1.54, 1.807) is 6.07 Å². The van der Waals surface area contributed by atoms with E-state index in [-0.39, 0.29) is 5.75 Å². The Bertz CT molecular complexity index is 371. The van der Waals surface area contributed by atoms with Gasteiger partial charge in [-0.25, -0.2) is 12.8 Å². The molecule has 1 aromatic rings. The Balaban J connectivity index is 0.000000791. The Morgan fingerprint density at radius 3 is 2.29 bits per heavy atom. The predicted octanol–water partition coefficient (Wildman–Crippen LogP) is 2.40. The fraction of sp³-hybridized carbons (Fsp3) is 0.400. The molecule has 0 bridgehead atoms. The third kappa shape index (κ3) is 5.70. The third-order valence-corrected chi connectivity index (χ3v) is 2.18. The molecule has 1 rings (SSSR count). The van der Waals surface area contributed by atoms with Crippen molar-refractivity contribution < 1.29 is 12.8 Å². The summed E-state index contributed by atoms with van der Waals surface area (Å²) in [6.07, 6.45) is 1.12. The maximum atomic E-state index is 12.5. The molecule has 0 radical (unpaired) electrons. The Hall–Kier alpha value is -0.900. The van der Waals surface area contributed by atoms with Crippen molar-refractivity contribution >= 4 is 9.84 Å². The highest BCUT2D eigenvalue weighted by atomic mass is 32.2. The summed E-state index contributed by atoms with van der Waals surface area (Å²) < 4.78 is 34.1. The van der Waals surface area contributed by atoms with Crippen molar-refractivity contribution in [2.45, 2.75) is 19.6 Å². The molecular weight excluding hydrogens is 203 g/mol. The van der Waals surface area contributed by atoms with Gasteiger partial charge >= 0.3 is 0 Å². The first kappa shape index (κ1) is 13.1. The molecule has 0 saturated heterocycles. The number of sulfone groups is 1. The molecule has 14 heavy (non-hydrogen) atoms. The summed E-state index contributed by atoms with van der Waals surface area (Å²) in [6.45, 7) is 4.00. The average molecular weight is 218 g/mol. The topological polar surface area (TPSA) is 34.1 Å². The van der Waals surface area contributed by atoms with E-state index in [4.69, 9.17) is 0 Å². The van der Waals surface area contributed by atoms with E-state index in [1.807, 2.05) is 13.8 Å². The minimum Gasteiger partial charge on any atom is -0.229 e. The molecule has 0 aliphatic heterocycles. The van der Waals surface area contributed by atoms with Crippen LogP contribution in [0.5, 0.6) is 0 Å². The number of hydrogen-bond donors (Lipinski definition) is 0. The van der Waals surface area contributed by atoms with Crippen LogP contribution in [0.3, 0.4) is 0 Å². The largest absolute Gasteiger partial charge is 0.229 e. The second-order valence-electron chi connectivity index (χ2n) is 2.70. The molecule has 0 fully saturated rings. The monoisotopic (exact) mass is 218 g/mol. The quantitative estimate of drug-likeness (QED) is 0.763. The summed E-state index contributed by atoms with van der Waals surface area (Å²) in [7, 11) is -3.06. The highest BCUT2D eigenvalue weighted by molar-refractivity contribution is 7.89. The lowest BCUT2D eigenvalue weighted by Crippen LogP contribution is -2.00. The van der Waals surface area contributed by atoms with Gasteiger partial charge in [-0.2, -0.15) is 0 Å². The Morgan fingerprint density at radius 2 is 1.86 bits per heavy atom. The van der Waals surface area contributed by atoms with Crippen molar-refractivity contribution in [3.8, 4) is 0 Å². The van der Waals surface area contributed by atoms with Gasteiger partial charge in [0.15, 0.2) is 9.84 Å². The molecule has 0 saturated carbocycles. The SMILES string of the molecule is CC.CS(=O)(=O)Cc1cccc(F)c1. The van der Waals surface area contributed by atoms with Crippen LogP contribution in [-0.4, -0.2) is 14.7 Å². The summed E-state index contributed by atoms with van der Waals surface area (Å²) in [5.74, 6) is -0.513. The van der Waals surface area contributed by atoms with Crippen molar-refractivity contribution in [3.05, 3.63) is 35.6 Å². The Labute approximate surface area is 84.7 Å². The van der Waals surface area contributed by atoms with Crippen LogP contribution in [0.25, 0.3) is 0 Å². The first-order chi connectivity index (χ1) is 6.47. The van der Waals surface area contributed by atoms with Crippen molar-refractivity contribution in [2.75, 3.05) is 6.26 Å². The van der Waals surface area contributed by atoms with Gasteiger partial charge in [0.25, 0.3) is 0 Å². The van der Waals surface area contributed by atoms with Crippen LogP contribution in [0.1, 0.15) is 19.4 Å². The lowest BCUT2D eigenvalue weighted by Gasteiger charge is -1.97. The smallest absolute Gasteiger partial charge is 0.151 e. The fourth-order valence-corrected chi connectivity index (χ4v) is 1.71. The molecular formula is C10H15FO2S. The van der Waals surface area contributed by atoms with Gasteiger partial charge in [-0.05, 0) is 17.7 Å². The molecule has 2 nitrogen and oxygen atoms in total. The van der Waals surface area contributed by atoms with Crippen LogP contribution in [0.4, 0.5) is 4.39 Å². The minimum atomic E-state index is -3.06. The summed E-state index contributed by atoms with van der Waals surface area (Å²) >= 11 is 0.